The van der Waals surface area contributed by atoms with Gasteiger partial charge in [0.25, 0.3) is 0 Å². The van der Waals surface area contributed by atoms with Gasteiger partial charge in [-0.25, -0.2) is 0 Å². The van der Waals surface area contributed by atoms with Crippen LogP contribution in [0.25, 0.3) is 0 Å². The van der Waals surface area contributed by atoms with Gasteiger partial charge >= 0.3 is 0 Å². The maximum absolute atomic E-state index is 12.0. The molecule has 0 aliphatic carbocycles. The van der Waals surface area contributed by atoms with Crippen LogP contribution < -0.4 is 10.6 Å². The van der Waals surface area contributed by atoms with E-state index in [-0.39, 0.29) is 24.2 Å². The van der Waals surface area contributed by atoms with Crippen LogP contribution in [0.3, 0.4) is 0 Å². The predicted molar refractivity (Wildman–Crippen MR) is 92.5 cm³/mol. The van der Waals surface area contributed by atoms with Crippen LogP contribution in [-0.4, -0.2) is 43.4 Å². The molecule has 1 aromatic carbocycles. The Morgan fingerprint density at radius 3 is 2.18 bits per heavy atom. The van der Waals surface area contributed by atoms with Crippen molar-refractivity contribution in [2.24, 2.45) is 0 Å². The first-order valence-corrected chi connectivity index (χ1v) is 7.41. The second-order valence-electron chi connectivity index (χ2n) is 4.84. The Kier molecular flexibility index (Phi) is 10.2. The van der Waals surface area contributed by atoms with Crippen LogP contribution in [0.2, 0.25) is 0 Å². The van der Waals surface area contributed by atoms with Gasteiger partial charge in [0.1, 0.15) is 0 Å². The number of amides is 2. The fraction of sp³-hybridized carbons (Fsp3) is 0.500. The average Bonchev–Trinajstić information content (AvgIpc) is 2.48. The highest BCUT2D eigenvalue weighted by Crippen LogP contribution is 2.11. The molecule has 0 aliphatic rings. The summed E-state index contributed by atoms with van der Waals surface area (Å²) in [5, 5.41) is 5.76. The molecule has 0 unspecified atom stereocenters. The zero-order valence-electron chi connectivity index (χ0n) is 13.5. The molecule has 6 heteroatoms. The lowest BCUT2D eigenvalue weighted by atomic mass is 10.1. The number of hydrogen-bond donors (Lipinski definition) is 2. The van der Waals surface area contributed by atoms with E-state index in [2.05, 4.69) is 10.6 Å². The molecule has 0 atom stereocenters. The van der Waals surface area contributed by atoms with Crippen LogP contribution in [0.15, 0.2) is 24.3 Å². The Bertz CT molecular complexity index is 459. The van der Waals surface area contributed by atoms with Crippen molar-refractivity contribution in [3.8, 4) is 0 Å². The standard InChI is InChI=1S/C16H25N3O2.ClH/c1-4-19(5-2)16(21)12-13-6-8-14(9-7-13)18-15(20)10-11-17-3;/h6-9,17H,4-5,10-12H2,1-3H3,(H,18,20);1H. The van der Waals surface area contributed by atoms with Gasteiger partial charge in [0, 0.05) is 31.7 Å². The molecule has 0 radical (unpaired) electrons. The number of carbonyl (C=O) groups excluding carboxylic acids is 2. The molecule has 2 N–H and O–H groups in total. The third kappa shape index (κ3) is 6.91. The van der Waals surface area contributed by atoms with E-state index in [0.29, 0.717) is 19.4 Å². The predicted octanol–water partition coefficient (Wildman–Crippen LogP) is 2.07. The molecule has 2 amide bonds. The summed E-state index contributed by atoms with van der Waals surface area (Å²) in [6.45, 7) is 6.07. The third-order valence-electron chi connectivity index (χ3n) is 3.31. The monoisotopic (exact) mass is 327 g/mol. The zero-order valence-corrected chi connectivity index (χ0v) is 14.3. The van der Waals surface area contributed by atoms with Crippen LogP contribution in [0.1, 0.15) is 25.8 Å². The molecular weight excluding hydrogens is 302 g/mol. The van der Waals surface area contributed by atoms with Gasteiger partial charge < -0.3 is 15.5 Å². The Morgan fingerprint density at radius 2 is 1.68 bits per heavy atom. The maximum Gasteiger partial charge on any atom is 0.226 e. The number of likely N-dealkylation sites (N-methyl/N-ethyl adjacent to an activating group) is 1. The molecule has 0 bridgehead atoms. The van der Waals surface area contributed by atoms with Gasteiger partial charge in [-0.3, -0.25) is 9.59 Å². The quantitative estimate of drug-likeness (QED) is 0.768. The molecule has 0 heterocycles. The van der Waals surface area contributed by atoms with Crippen molar-refractivity contribution in [2.75, 3.05) is 32.0 Å². The number of nitrogens with one attached hydrogen (secondary N) is 2. The molecule has 1 rings (SSSR count). The van der Waals surface area contributed by atoms with E-state index in [1.54, 1.807) is 0 Å². The number of anilines is 1. The Morgan fingerprint density at radius 1 is 1.09 bits per heavy atom. The fourth-order valence-corrected chi connectivity index (χ4v) is 2.03. The molecule has 124 valence electrons. The van der Waals surface area contributed by atoms with E-state index < -0.39 is 0 Å². The largest absolute Gasteiger partial charge is 0.343 e. The van der Waals surface area contributed by atoms with E-state index >= 15 is 0 Å². The second-order valence-corrected chi connectivity index (χ2v) is 4.84. The van der Waals surface area contributed by atoms with E-state index in [4.69, 9.17) is 0 Å². The smallest absolute Gasteiger partial charge is 0.226 e. The first kappa shape index (κ1) is 20.4. The molecule has 0 spiro atoms. The van der Waals surface area contributed by atoms with Crippen molar-refractivity contribution in [3.05, 3.63) is 29.8 Å². The number of hydrogen-bond acceptors (Lipinski definition) is 3. The van der Waals surface area contributed by atoms with Gasteiger partial charge in [-0.1, -0.05) is 12.1 Å². The SMILES string of the molecule is CCN(CC)C(=O)Cc1ccc(NC(=O)CCNC)cc1.Cl. The van der Waals surface area contributed by atoms with Crippen LogP contribution in [0.4, 0.5) is 5.69 Å². The molecule has 0 fully saturated rings. The van der Waals surface area contributed by atoms with E-state index in [1.807, 2.05) is 50.1 Å². The third-order valence-corrected chi connectivity index (χ3v) is 3.31. The summed E-state index contributed by atoms with van der Waals surface area (Å²) in [4.78, 5) is 25.4. The van der Waals surface area contributed by atoms with Crippen LogP contribution in [0.5, 0.6) is 0 Å². The summed E-state index contributed by atoms with van der Waals surface area (Å²) in [5.41, 5.74) is 1.72. The van der Waals surface area contributed by atoms with Crippen LogP contribution in [-0.2, 0) is 16.0 Å². The minimum absolute atomic E-state index is 0. The van der Waals surface area contributed by atoms with Crippen molar-refractivity contribution in [1.29, 1.82) is 0 Å². The highest BCUT2D eigenvalue weighted by Gasteiger charge is 2.10. The number of rotatable bonds is 8. The Labute approximate surface area is 138 Å². The first-order valence-electron chi connectivity index (χ1n) is 7.41. The Hall–Kier alpha value is -1.59. The summed E-state index contributed by atoms with van der Waals surface area (Å²) in [7, 11) is 1.81. The highest BCUT2D eigenvalue weighted by molar-refractivity contribution is 5.90. The molecule has 0 saturated heterocycles. The normalized spacial score (nSPS) is 9.77. The van der Waals surface area contributed by atoms with Crippen molar-refractivity contribution < 1.29 is 9.59 Å². The topological polar surface area (TPSA) is 61.4 Å². The highest BCUT2D eigenvalue weighted by atomic mass is 35.5. The van der Waals surface area contributed by atoms with Crippen molar-refractivity contribution in [1.82, 2.24) is 10.2 Å². The van der Waals surface area contributed by atoms with Crippen molar-refractivity contribution in [3.63, 3.8) is 0 Å². The summed E-state index contributed by atoms with van der Waals surface area (Å²) in [5.74, 6) is 0.113. The minimum Gasteiger partial charge on any atom is -0.343 e. The van der Waals surface area contributed by atoms with Crippen LogP contribution in [0, 0.1) is 0 Å². The minimum atomic E-state index is -0.0173. The fourth-order valence-electron chi connectivity index (χ4n) is 2.03. The maximum atomic E-state index is 12.0. The van der Waals surface area contributed by atoms with Gasteiger partial charge in [0.2, 0.25) is 11.8 Å². The lowest BCUT2D eigenvalue weighted by Crippen LogP contribution is -2.31. The molecule has 0 aliphatic heterocycles. The van der Waals surface area contributed by atoms with Crippen molar-refractivity contribution >= 4 is 29.9 Å². The molecule has 22 heavy (non-hydrogen) atoms. The van der Waals surface area contributed by atoms with Gasteiger partial charge in [0.15, 0.2) is 0 Å². The number of benzene rings is 1. The summed E-state index contributed by atoms with van der Waals surface area (Å²) in [6, 6.07) is 7.44. The molecule has 0 aromatic heterocycles. The van der Waals surface area contributed by atoms with Gasteiger partial charge in [-0.2, -0.15) is 0 Å². The first-order chi connectivity index (χ1) is 10.1. The zero-order chi connectivity index (χ0) is 15.7. The molecule has 1 aromatic rings. The lowest BCUT2D eigenvalue weighted by Gasteiger charge is -2.18. The molecular formula is C16H26ClN3O2. The number of carbonyl (C=O) groups is 2. The van der Waals surface area contributed by atoms with Gasteiger partial charge in [-0.15, -0.1) is 12.4 Å². The lowest BCUT2D eigenvalue weighted by molar-refractivity contribution is -0.130. The summed E-state index contributed by atoms with van der Waals surface area (Å²) < 4.78 is 0. The van der Waals surface area contributed by atoms with Crippen LogP contribution >= 0.6 is 12.4 Å². The van der Waals surface area contributed by atoms with E-state index in [9.17, 15) is 9.59 Å². The van der Waals surface area contributed by atoms with Gasteiger partial charge in [0.05, 0.1) is 6.42 Å². The number of nitrogens with zero attached hydrogens (tertiary/aromatic N) is 1. The van der Waals surface area contributed by atoms with E-state index in [1.165, 1.54) is 0 Å². The summed E-state index contributed by atoms with van der Waals surface area (Å²) in [6.07, 6.45) is 0.842. The second kappa shape index (κ2) is 11.0. The number of halogens is 1. The van der Waals surface area contributed by atoms with E-state index in [0.717, 1.165) is 24.3 Å². The molecule has 0 saturated carbocycles. The average molecular weight is 328 g/mol. The Balaban J connectivity index is 0.00000441. The van der Waals surface area contributed by atoms with Crippen molar-refractivity contribution in [2.45, 2.75) is 26.7 Å². The molecule has 5 nitrogen and oxygen atoms in total. The van der Waals surface area contributed by atoms with Gasteiger partial charge in [-0.05, 0) is 38.6 Å². The summed E-state index contributed by atoms with van der Waals surface area (Å²) >= 11 is 0.